The van der Waals surface area contributed by atoms with Crippen molar-refractivity contribution in [3.05, 3.63) is 29.5 Å². The van der Waals surface area contributed by atoms with Gasteiger partial charge in [-0.15, -0.1) is 11.3 Å². The van der Waals surface area contributed by atoms with Crippen LogP contribution in [-0.4, -0.2) is 15.5 Å². The van der Waals surface area contributed by atoms with Gasteiger partial charge in [0.25, 0.3) is 0 Å². The van der Waals surface area contributed by atoms with Crippen molar-refractivity contribution in [1.29, 1.82) is 0 Å². The molecule has 0 aliphatic rings. The summed E-state index contributed by atoms with van der Waals surface area (Å²) in [5.41, 5.74) is 8.14. The summed E-state index contributed by atoms with van der Waals surface area (Å²) in [5.74, 6) is 0. The number of aryl methyl sites for hydroxylation is 1. The number of nitrogens with two attached hydrogens (primary N) is 1. The maximum Gasteiger partial charge on any atom is 0.125 e. The first-order valence-corrected chi connectivity index (χ1v) is 6.29. The van der Waals surface area contributed by atoms with Crippen molar-refractivity contribution in [3.63, 3.8) is 0 Å². The van der Waals surface area contributed by atoms with Crippen LogP contribution in [0.25, 0.3) is 10.6 Å². The van der Waals surface area contributed by atoms with E-state index in [2.05, 4.69) is 15.3 Å². The number of hydrogen-bond acceptors (Lipinski definition) is 3. The van der Waals surface area contributed by atoms with E-state index in [1.165, 1.54) is 0 Å². The number of aromatic nitrogens is 2. The Morgan fingerprint density at radius 3 is 2.94 bits per heavy atom. The van der Waals surface area contributed by atoms with Crippen molar-refractivity contribution in [3.8, 4) is 10.6 Å². The number of H-pyrrole nitrogens is 1. The fourth-order valence-corrected chi connectivity index (χ4v) is 2.31. The van der Waals surface area contributed by atoms with Gasteiger partial charge in [0.2, 0.25) is 0 Å². The van der Waals surface area contributed by atoms with Crippen LogP contribution in [0, 0.1) is 0 Å². The van der Waals surface area contributed by atoms with Crippen LogP contribution in [0.2, 0.25) is 0 Å². The van der Waals surface area contributed by atoms with Gasteiger partial charge in [-0.2, -0.15) is 0 Å². The van der Waals surface area contributed by atoms with E-state index in [1.54, 1.807) is 11.3 Å². The van der Waals surface area contributed by atoms with Crippen LogP contribution in [0.4, 0.5) is 0 Å². The Kier molecular flexibility index (Phi) is 3.12. The van der Waals surface area contributed by atoms with E-state index in [0.29, 0.717) is 0 Å². The number of nitrogens with one attached hydrogen (secondary N) is 1. The second-order valence-corrected chi connectivity index (χ2v) is 5.59. The van der Waals surface area contributed by atoms with Crippen molar-refractivity contribution >= 4 is 11.3 Å². The van der Waals surface area contributed by atoms with Gasteiger partial charge in [0, 0.05) is 28.9 Å². The highest BCUT2D eigenvalue weighted by molar-refractivity contribution is 7.13. The topological polar surface area (TPSA) is 54.7 Å². The zero-order chi connectivity index (χ0) is 11.6. The average molecular weight is 235 g/mol. The molecule has 4 heteroatoms. The number of nitrogens with zero attached hydrogens (tertiary/aromatic N) is 1. The summed E-state index contributed by atoms with van der Waals surface area (Å²) in [4.78, 5) is 7.64. The molecule has 0 atom stereocenters. The standard InChI is InChI=1S/C12H17N3S/c1-12(2,13)5-3-10-8-16-11(15-10)9-4-6-14-7-9/h4,6-8,14H,3,5,13H2,1-2H3. The first-order chi connectivity index (χ1) is 7.54. The van der Waals surface area contributed by atoms with E-state index in [9.17, 15) is 0 Å². The third-order valence-corrected chi connectivity index (χ3v) is 3.36. The van der Waals surface area contributed by atoms with Gasteiger partial charge in [-0.25, -0.2) is 4.98 Å². The highest BCUT2D eigenvalue weighted by atomic mass is 32.1. The van der Waals surface area contributed by atoms with Gasteiger partial charge in [0.15, 0.2) is 0 Å². The summed E-state index contributed by atoms with van der Waals surface area (Å²) < 4.78 is 0. The summed E-state index contributed by atoms with van der Waals surface area (Å²) in [6, 6.07) is 2.04. The molecular formula is C12H17N3S. The first-order valence-electron chi connectivity index (χ1n) is 5.41. The van der Waals surface area contributed by atoms with Crippen LogP contribution in [0.15, 0.2) is 23.8 Å². The van der Waals surface area contributed by atoms with Crippen LogP contribution in [0.3, 0.4) is 0 Å². The Bertz CT molecular complexity index is 437. The summed E-state index contributed by atoms with van der Waals surface area (Å²) in [7, 11) is 0. The van der Waals surface area contributed by atoms with Gasteiger partial charge in [0.05, 0.1) is 5.69 Å². The zero-order valence-electron chi connectivity index (χ0n) is 9.66. The fourth-order valence-electron chi connectivity index (χ4n) is 1.46. The molecule has 0 aliphatic carbocycles. The Labute approximate surface area is 99.7 Å². The van der Waals surface area contributed by atoms with E-state index < -0.39 is 0 Å². The molecule has 0 saturated carbocycles. The van der Waals surface area contributed by atoms with Crippen LogP contribution >= 0.6 is 11.3 Å². The van der Waals surface area contributed by atoms with Crippen molar-refractivity contribution in [2.45, 2.75) is 32.2 Å². The van der Waals surface area contributed by atoms with E-state index in [4.69, 9.17) is 5.73 Å². The highest BCUT2D eigenvalue weighted by Gasteiger charge is 2.12. The minimum absolute atomic E-state index is 0.113. The van der Waals surface area contributed by atoms with Crippen molar-refractivity contribution in [2.24, 2.45) is 5.73 Å². The molecule has 2 rings (SSSR count). The lowest BCUT2D eigenvalue weighted by molar-refractivity contribution is 0.475. The Morgan fingerprint density at radius 1 is 1.50 bits per heavy atom. The zero-order valence-corrected chi connectivity index (χ0v) is 10.5. The number of thiazole rings is 1. The Hall–Kier alpha value is -1.13. The van der Waals surface area contributed by atoms with E-state index in [1.807, 2.05) is 32.3 Å². The molecule has 2 heterocycles. The molecule has 86 valence electrons. The summed E-state index contributed by atoms with van der Waals surface area (Å²) in [6.45, 7) is 4.10. The second kappa shape index (κ2) is 4.39. The molecule has 2 aromatic rings. The fraction of sp³-hybridized carbons (Fsp3) is 0.417. The molecular weight excluding hydrogens is 218 g/mol. The van der Waals surface area contributed by atoms with Gasteiger partial charge in [-0.05, 0) is 32.8 Å². The molecule has 0 saturated heterocycles. The molecule has 0 unspecified atom stereocenters. The lowest BCUT2D eigenvalue weighted by atomic mass is 9.99. The molecule has 0 bridgehead atoms. The molecule has 2 aromatic heterocycles. The number of rotatable bonds is 4. The minimum Gasteiger partial charge on any atom is -0.367 e. The van der Waals surface area contributed by atoms with Crippen molar-refractivity contribution in [2.75, 3.05) is 0 Å². The predicted octanol–water partition coefficient (Wildman–Crippen LogP) is 2.81. The molecule has 16 heavy (non-hydrogen) atoms. The van der Waals surface area contributed by atoms with Gasteiger partial charge in [0.1, 0.15) is 5.01 Å². The summed E-state index contributed by atoms with van der Waals surface area (Å²) in [6.07, 6.45) is 5.79. The third kappa shape index (κ3) is 2.93. The Balaban J connectivity index is 2.03. The van der Waals surface area contributed by atoms with Crippen LogP contribution in [0.1, 0.15) is 26.0 Å². The monoisotopic (exact) mass is 235 g/mol. The van der Waals surface area contributed by atoms with E-state index >= 15 is 0 Å². The normalized spacial score (nSPS) is 11.9. The predicted molar refractivity (Wildman–Crippen MR) is 68.5 cm³/mol. The Morgan fingerprint density at radius 2 is 2.31 bits per heavy atom. The number of aromatic amines is 1. The maximum atomic E-state index is 5.96. The maximum absolute atomic E-state index is 5.96. The van der Waals surface area contributed by atoms with Crippen LogP contribution in [-0.2, 0) is 6.42 Å². The lowest BCUT2D eigenvalue weighted by Gasteiger charge is -2.16. The molecule has 0 amide bonds. The van der Waals surface area contributed by atoms with Crippen molar-refractivity contribution < 1.29 is 0 Å². The summed E-state index contributed by atoms with van der Waals surface area (Å²) >= 11 is 1.69. The average Bonchev–Trinajstić information content (AvgIpc) is 2.84. The molecule has 0 aliphatic heterocycles. The van der Waals surface area contributed by atoms with E-state index in [-0.39, 0.29) is 5.54 Å². The highest BCUT2D eigenvalue weighted by Crippen LogP contribution is 2.24. The quantitative estimate of drug-likeness (QED) is 0.856. The lowest BCUT2D eigenvalue weighted by Crippen LogP contribution is -2.32. The van der Waals surface area contributed by atoms with Gasteiger partial charge >= 0.3 is 0 Å². The van der Waals surface area contributed by atoms with Gasteiger partial charge < -0.3 is 10.7 Å². The third-order valence-electron chi connectivity index (χ3n) is 2.42. The van der Waals surface area contributed by atoms with Crippen LogP contribution in [0.5, 0.6) is 0 Å². The molecule has 0 spiro atoms. The molecule has 3 nitrogen and oxygen atoms in total. The van der Waals surface area contributed by atoms with Crippen molar-refractivity contribution in [1.82, 2.24) is 9.97 Å². The minimum atomic E-state index is -0.113. The summed E-state index contributed by atoms with van der Waals surface area (Å²) in [5, 5.41) is 3.19. The largest absolute Gasteiger partial charge is 0.367 e. The van der Waals surface area contributed by atoms with E-state index in [0.717, 1.165) is 29.1 Å². The smallest absolute Gasteiger partial charge is 0.125 e. The van der Waals surface area contributed by atoms with Gasteiger partial charge in [-0.3, -0.25) is 0 Å². The second-order valence-electron chi connectivity index (χ2n) is 4.73. The molecule has 0 fully saturated rings. The number of hydrogen-bond donors (Lipinski definition) is 2. The van der Waals surface area contributed by atoms with Gasteiger partial charge in [-0.1, -0.05) is 0 Å². The first kappa shape index (κ1) is 11.4. The molecule has 0 radical (unpaired) electrons. The SMILES string of the molecule is CC(C)(N)CCc1csc(-c2cc[nH]c2)n1. The molecule has 0 aromatic carbocycles. The van der Waals surface area contributed by atoms with Crippen LogP contribution < -0.4 is 5.73 Å². The molecule has 3 N–H and O–H groups in total.